The van der Waals surface area contributed by atoms with E-state index < -0.39 is 0 Å². The molecular weight excluding hydrogens is 624 g/mol. The third-order valence-corrected chi connectivity index (χ3v) is 15.1. The topological polar surface area (TPSA) is 108 Å². The molecule has 0 radical (unpaired) electrons. The minimum absolute atomic E-state index is 0.0133. The van der Waals surface area contributed by atoms with Gasteiger partial charge in [0.05, 0.1) is 6.10 Å². The number of carbonyl (C=O) groups excluding carboxylic acids is 2. The van der Waals surface area contributed by atoms with E-state index in [1.165, 1.54) is 6.42 Å². The molecule has 4 rings (SSSR count). The van der Waals surface area contributed by atoms with Crippen LogP contribution in [0.2, 0.25) is 0 Å². The summed E-state index contributed by atoms with van der Waals surface area (Å²) in [7, 11) is 4.24. The lowest BCUT2D eigenvalue weighted by molar-refractivity contribution is -0.203. The lowest BCUT2D eigenvalue weighted by Crippen LogP contribution is -2.62. The summed E-state index contributed by atoms with van der Waals surface area (Å²) in [6.07, 6.45) is 13.0. The van der Waals surface area contributed by atoms with Crippen molar-refractivity contribution in [2.24, 2.45) is 63.4 Å². The molecule has 0 spiro atoms. The second kappa shape index (κ2) is 17.7. The number of rotatable bonds is 18. The van der Waals surface area contributed by atoms with E-state index in [-0.39, 0.29) is 52.2 Å². The Hall–Kier alpha value is -1.22. The monoisotopic (exact) mass is 703 g/mol. The third-order valence-electron chi connectivity index (χ3n) is 15.1. The maximum absolute atomic E-state index is 14.4. The van der Waals surface area contributed by atoms with Gasteiger partial charge in [-0.05, 0) is 163 Å². The predicted octanol–water partition coefficient (Wildman–Crippen LogP) is 6.74. The van der Waals surface area contributed by atoms with E-state index in [1.54, 1.807) is 6.92 Å². The molecule has 290 valence electrons. The summed E-state index contributed by atoms with van der Waals surface area (Å²) in [5, 5.41) is 14.3. The summed E-state index contributed by atoms with van der Waals surface area (Å²) in [4.78, 5) is 31.9. The molecule has 8 nitrogen and oxygen atoms in total. The molecule has 4 aliphatic rings. The minimum Gasteiger partial charge on any atom is -0.462 e. The number of hydrogen-bond acceptors (Lipinski definition) is 7. The van der Waals surface area contributed by atoms with E-state index in [0.29, 0.717) is 42.7 Å². The first kappa shape index (κ1) is 41.5. The number of nitrogens with one attached hydrogen (secondary N) is 1. The number of nitrogens with zero attached hydrogens (tertiary/aromatic N) is 2. The Kier molecular flexibility index (Phi) is 14.7. The van der Waals surface area contributed by atoms with Crippen LogP contribution in [0.1, 0.15) is 132 Å². The third kappa shape index (κ3) is 8.93. The van der Waals surface area contributed by atoms with Crippen LogP contribution < -0.4 is 11.1 Å². The Bertz CT molecular complexity index is 1100. The number of aliphatic hydroxyl groups excluding tert-OH is 1. The molecule has 8 heteroatoms. The van der Waals surface area contributed by atoms with Crippen molar-refractivity contribution in [3.63, 3.8) is 0 Å². The van der Waals surface area contributed by atoms with Gasteiger partial charge in [0.2, 0.25) is 5.91 Å². The lowest BCUT2D eigenvalue weighted by Gasteiger charge is -2.68. The smallest absolute Gasteiger partial charge is 0.302 e. The van der Waals surface area contributed by atoms with Crippen molar-refractivity contribution in [3.05, 3.63) is 0 Å². The first-order valence-corrected chi connectivity index (χ1v) is 20.8. The van der Waals surface area contributed by atoms with Crippen molar-refractivity contribution in [1.29, 1.82) is 0 Å². The first-order chi connectivity index (χ1) is 23.6. The molecule has 0 heterocycles. The zero-order valence-corrected chi connectivity index (χ0v) is 33.8. The number of esters is 1. The molecule has 0 aromatic rings. The van der Waals surface area contributed by atoms with Gasteiger partial charge >= 0.3 is 5.97 Å². The predicted molar refractivity (Wildman–Crippen MR) is 204 cm³/mol. The van der Waals surface area contributed by atoms with Gasteiger partial charge in [0.15, 0.2) is 0 Å². The van der Waals surface area contributed by atoms with Crippen molar-refractivity contribution >= 4 is 11.9 Å². The lowest BCUT2D eigenvalue weighted by atomic mass is 9.37. The number of hydrogen-bond donors (Lipinski definition) is 3. The van der Waals surface area contributed by atoms with Crippen molar-refractivity contribution < 1.29 is 19.4 Å². The van der Waals surface area contributed by atoms with Crippen LogP contribution in [0.15, 0.2) is 0 Å². The molecule has 0 aromatic carbocycles. The fraction of sp³-hybridized carbons (Fsp3) is 0.952. The fourth-order valence-electron chi connectivity index (χ4n) is 12.4. The van der Waals surface area contributed by atoms with E-state index in [0.717, 1.165) is 103 Å². The van der Waals surface area contributed by atoms with Crippen molar-refractivity contribution in [1.82, 2.24) is 15.1 Å². The summed E-state index contributed by atoms with van der Waals surface area (Å²) in [6, 6.07) is 0. The van der Waals surface area contributed by atoms with Crippen LogP contribution in [0.3, 0.4) is 0 Å². The molecule has 0 aliphatic heterocycles. The molecule has 0 aromatic heterocycles. The largest absolute Gasteiger partial charge is 0.462 e. The zero-order valence-electron chi connectivity index (χ0n) is 33.8. The Morgan fingerprint density at radius 1 is 0.900 bits per heavy atom. The average molecular weight is 703 g/mol. The van der Waals surface area contributed by atoms with E-state index >= 15 is 0 Å². The molecule has 1 amide bonds. The Morgan fingerprint density at radius 3 is 2.26 bits per heavy atom. The molecule has 50 heavy (non-hydrogen) atoms. The summed E-state index contributed by atoms with van der Waals surface area (Å²) in [5.74, 6) is 2.24. The maximum atomic E-state index is 14.4. The van der Waals surface area contributed by atoms with E-state index in [2.05, 4.69) is 70.8 Å². The number of ether oxygens (including phenoxy) is 1. The number of amides is 1. The second-order valence-corrected chi connectivity index (χ2v) is 18.8. The first-order valence-electron chi connectivity index (χ1n) is 20.8. The second-order valence-electron chi connectivity index (χ2n) is 18.8. The Labute approximate surface area is 306 Å². The number of carbonyl (C=O) groups is 2. The van der Waals surface area contributed by atoms with Gasteiger partial charge in [-0.25, -0.2) is 0 Å². The van der Waals surface area contributed by atoms with E-state index in [4.69, 9.17) is 10.5 Å². The molecule has 0 unspecified atom stereocenters. The van der Waals surface area contributed by atoms with Crippen LogP contribution in [-0.4, -0.2) is 92.4 Å². The van der Waals surface area contributed by atoms with Gasteiger partial charge < -0.3 is 30.7 Å². The van der Waals surface area contributed by atoms with Crippen molar-refractivity contribution in [2.45, 2.75) is 144 Å². The van der Waals surface area contributed by atoms with Gasteiger partial charge in [0, 0.05) is 25.3 Å². The van der Waals surface area contributed by atoms with Gasteiger partial charge in [-0.3, -0.25) is 9.59 Å². The van der Waals surface area contributed by atoms with Crippen LogP contribution >= 0.6 is 0 Å². The zero-order chi connectivity index (χ0) is 36.9. The summed E-state index contributed by atoms with van der Waals surface area (Å²) in [6.45, 7) is 21.4. The average Bonchev–Trinajstić information content (AvgIpc) is 3.32. The normalized spacial score (nSPS) is 37.4. The Balaban J connectivity index is 1.54. The SMILES string of the molecule is CC(=O)O[C@H]1C[C@@]2(C)[C@@H](CC[C@H]3[C@@]4(C)CC[C@@H](O)[C@@H](C)[C@@H]4CC[C@@]32C)[C@@H]1[C@H](CCCC(C)C)C(=O)NCCCN(CCCN)CCCN(C)C. The van der Waals surface area contributed by atoms with Crippen molar-refractivity contribution in [3.8, 4) is 0 Å². The van der Waals surface area contributed by atoms with E-state index in [9.17, 15) is 14.7 Å². The molecule has 4 saturated carbocycles. The van der Waals surface area contributed by atoms with Gasteiger partial charge in [0.25, 0.3) is 0 Å². The highest BCUT2D eigenvalue weighted by Crippen LogP contribution is 2.75. The standard InChI is InChI=1S/C42H78N4O4/c1-29(2)14-10-15-32(39(49)44-23-12-26-46(25-11-22-43)27-13-24-45(8)9)38-34-16-17-37-40(5)20-19-35(48)30(3)33(40)18-21-41(37,6)42(34,7)28-36(38)50-31(4)47/h29-30,32-38,48H,10-28,43H2,1-9H3,(H,44,49)/t30-,32-,33-,34-,35+,36-,37-,38-,40-,41-,42-/m0/s1. The molecule has 4 aliphatic carbocycles. The van der Waals surface area contributed by atoms with Gasteiger partial charge in [0.1, 0.15) is 6.10 Å². The summed E-state index contributed by atoms with van der Waals surface area (Å²) < 4.78 is 6.30. The number of aliphatic hydroxyl groups is 1. The Morgan fingerprint density at radius 2 is 1.60 bits per heavy atom. The maximum Gasteiger partial charge on any atom is 0.302 e. The molecule has 4 fully saturated rings. The number of fused-ring (bicyclic) bond motifs is 5. The van der Waals surface area contributed by atoms with Crippen LogP contribution in [0.4, 0.5) is 0 Å². The molecule has 0 bridgehead atoms. The highest BCUT2D eigenvalue weighted by atomic mass is 16.5. The van der Waals surface area contributed by atoms with Crippen LogP contribution in [-0.2, 0) is 14.3 Å². The highest BCUT2D eigenvalue weighted by Gasteiger charge is 2.70. The van der Waals surface area contributed by atoms with Crippen LogP contribution in [0, 0.1) is 57.7 Å². The highest BCUT2D eigenvalue weighted by molar-refractivity contribution is 5.79. The fourth-order valence-corrected chi connectivity index (χ4v) is 12.4. The van der Waals surface area contributed by atoms with Crippen LogP contribution in [0.5, 0.6) is 0 Å². The van der Waals surface area contributed by atoms with Crippen LogP contribution in [0.25, 0.3) is 0 Å². The van der Waals surface area contributed by atoms with Gasteiger partial charge in [-0.15, -0.1) is 0 Å². The van der Waals surface area contributed by atoms with E-state index in [1.807, 2.05) is 0 Å². The van der Waals surface area contributed by atoms with Gasteiger partial charge in [-0.1, -0.05) is 54.4 Å². The molecular formula is C42H78N4O4. The summed E-state index contributed by atoms with van der Waals surface area (Å²) in [5.41, 5.74) is 6.16. The summed E-state index contributed by atoms with van der Waals surface area (Å²) >= 11 is 0. The molecule has 4 N–H and O–H groups in total. The number of nitrogens with two attached hydrogens (primary N) is 1. The molecule has 11 atom stereocenters. The quantitative estimate of drug-likeness (QED) is 0.107. The molecule has 0 saturated heterocycles. The van der Waals surface area contributed by atoms with Crippen molar-refractivity contribution in [2.75, 3.05) is 53.4 Å². The van der Waals surface area contributed by atoms with Gasteiger partial charge in [-0.2, -0.15) is 0 Å². The minimum atomic E-state index is -0.228.